The zero-order valence-electron chi connectivity index (χ0n) is 18.0. The fourth-order valence-electron chi connectivity index (χ4n) is 4.94. The standard InChI is InChI=1S/C28H23F3N2/c29-28(30,31)26-17-16-21-18-19-33(20-25(21)32-26)27(22-10-4-1-5-11-22,23-12-6-2-7-13-23)24-14-8-3-9-15-24/h1-17H,18-20H2. The fraction of sp³-hybridized carbons (Fsp3) is 0.179. The minimum atomic E-state index is -4.47. The molecule has 0 aliphatic carbocycles. The Morgan fingerprint density at radius 1 is 0.636 bits per heavy atom. The van der Waals surface area contributed by atoms with Crippen molar-refractivity contribution in [3.63, 3.8) is 0 Å². The Hall–Kier alpha value is -3.44. The minimum Gasteiger partial charge on any atom is -0.280 e. The second-order valence-corrected chi connectivity index (χ2v) is 8.28. The van der Waals surface area contributed by atoms with E-state index in [1.54, 1.807) is 6.07 Å². The molecule has 3 aromatic carbocycles. The molecule has 1 aliphatic heterocycles. The predicted octanol–water partition coefficient (Wildman–Crippen LogP) is 6.45. The van der Waals surface area contributed by atoms with Crippen molar-refractivity contribution in [2.75, 3.05) is 6.54 Å². The van der Waals surface area contributed by atoms with Crippen molar-refractivity contribution >= 4 is 0 Å². The largest absolute Gasteiger partial charge is 0.433 e. The Morgan fingerprint density at radius 2 is 1.12 bits per heavy atom. The van der Waals surface area contributed by atoms with Crippen molar-refractivity contribution in [3.05, 3.63) is 137 Å². The molecule has 0 unspecified atom stereocenters. The normalized spacial score (nSPS) is 14.6. The fourth-order valence-corrected chi connectivity index (χ4v) is 4.94. The highest BCUT2D eigenvalue weighted by atomic mass is 19.4. The summed E-state index contributed by atoms with van der Waals surface area (Å²) in [4.78, 5) is 6.33. The maximum atomic E-state index is 13.4. The van der Waals surface area contributed by atoms with Crippen molar-refractivity contribution in [2.45, 2.75) is 24.7 Å². The molecule has 5 heteroatoms. The van der Waals surface area contributed by atoms with Gasteiger partial charge in [-0.05, 0) is 34.7 Å². The van der Waals surface area contributed by atoms with Gasteiger partial charge in [-0.2, -0.15) is 13.2 Å². The zero-order valence-corrected chi connectivity index (χ0v) is 18.0. The van der Waals surface area contributed by atoms with Crippen LogP contribution in [0.5, 0.6) is 0 Å². The maximum absolute atomic E-state index is 13.4. The van der Waals surface area contributed by atoms with E-state index in [-0.39, 0.29) is 0 Å². The number of pyridine rings is 1. The van der Waals surface area contributed by atoms with Crippen molar-refractivity contribution in [1.82, 2.24) is 9.88 Å². The van der Waals surface area contributed by atoms with Crippen LogP contribution in [0.15, 0.2) is 103 Å². The summed E-state index contributed by atoms with van der Waals surface area (Å²) < 4.78 is 40.2. The minimum absolute atomic E-state index is 0.317. The Morgan fingerprint density at radius 3 is 1.58 bits per heavy atom. The van der Waals surface area contributed by atoms with E-state index in [0.29, 0.717) is 25.2 Å². The van der Waals surface area contributed by atoms with Crippen LogP contribution in [0.1, 0.15) is 33.6 Å². The molecule has 2 nitrogen and oxygen atoms in total. The summed E-state index contributed by atoms with van der Waals surface area (Å²) in [5, 5.41) is 0. The molecule has 166 valence electrons. The lowest BCUT2D eigenvalue weighted by Crippen LogP contribution is -2.50. The van der Waals surface area contributed by atoms with E-state index >= 15 is 0 Å². The topological polar surface area (TPSA) is 16.1 Å². The van der Waals surface area contributed by atoms with Crippen LogP contribution in [0.2, 0.25) is 0 Å². The van der Waals surface area contributed by atoms with Crippen LogP contribution < -0.4 is 0 Å². The Bertz CT molecular complexity index is 1130. The van der Waals surface area contributed by atoms with Crippen molar-refractivity contribution in [3.8, 4) is 0 Å². The first-order valence-corrected chi connectivity index (χ1v) is 11.0. The van der Waals surface area contributed by atoms with E-state index in [2.05, 4.69) is 46.3 Å². The number of benzene rings is 3. The van der Waals surface area contributed by atoms with Gasteiger partial charge in [-0.3, -0.25) is 4.90 Å². The summed E-state index contributed by atoms with van der Waals surface area (Å²) in [7, 11) is 0. The Kier molecular flexibility index (Phi) is 5.51. The van der Waals surface area contributed by atoms with Crippen LogP contribution in [0.3, 0.4) is 0 Å². The molecule has 0 fully saturated rings. The zero-order chi connectivity index (χ0) is 22.9. The molecule has 1 aliphatic rings. The number of hydrogen-bond donors (Lipinski definition) is 0. The van der Waals surface area contributed by atoms with Gasteiger partial charge in [0, 0.05) is 13.1 Å². The summed E-state index contributed by atoms with van der Waals surface area (Å²) in [6.45, 7) is 1.01. The molecule has 0 N–H and O–H groups in total. The van der Waals surface area contributed by atoms with Crippen molar-refractivity contribution < 1.29 is 13.2 Å². The molecule has 0 saturated heterocycles. The SMILES string of the molecule is FC(F)(F)c1ccc2c(n1)CN(C(c1ccccc1)(c1ccccc1)c1ccccc1)CC2. The molecule has 0 spiro atoms. The third-order valence-corrected chi connectivity index (χ3v) is 6.40. The number of nitrogens with zero attached hydrogens (tertiary/aromatic N) is 2. The van der Waals surface area contributed by atoms with E-state index < -0.39 is 17.4 Å². The number of alkyl halides is 3. The summed E-state index contributed by atoms with van der Waals surface area (Å²) in [6.07, 6.45) is -3.83. The van der Waals surface area contributed by atoms with Gasteiger partial charge in [0.1, 0.15) is 5.69 Å². The van der Waals surface area contributed by atoms with Crippen LogP contribution in [0, 0.1) is 0 Å². The van der Waals surface area contributed by atoms with Gasteiger partial charge in [0.05, 0.1) is 11.2 Å². The second kappa shape index (κ2) is 8.49. The summed E-state index contributed by atoms with van der Waals surface area (Å²) in [6, 6.07) is 33.2. The first kappa shape index (κ1) is 21.4. The van der Waals surface area contributed by atoms with E-state index in [0.717, 1.165) is 28.3 Å². The van der Waals surface area contributed by atoms with Gasteiger partial charge in [0.2, 0.25) is 0 Å². The van der Waals surface area contributed by atoms with Crippen LogP contribution in [-0.2, 0) is 24.7 Å². The third-order valence-electron chi connectivity index (χ3n) is 6.40. The highest BCUT2D eigenvalue weighted by molar-refractivity contribution is 5.50. The van der Waals surface area contributed by atoms with Gasteiger partial charge in [0.15, 0.2) is 0 Å². The summed E-state index contributed by atoms with van der Waals surface area (Å²) in [5.41, 5.74) is 3.06. The van der Waals surface area contributed by atoms with Crippen LogP contribution >= 0.6 is 0 Å². The van der Waals surface area contributed by atoms with Crippen LogP contribution in [0.25, 0.3) is 0 Å². The smallest absolute Gasteiger partial charge is 0.280 e. The number of halogens is 3. The first-order chi connectivity index (χ1) is 16.0. The van der Waals surface area contributed by atoms with Gasteiger partial charge in [-0.15, -0.1) is 0 Å². The highest BCUT2D eigenvalue weighted by Gasteiger charge is 2.44. The van der Waals surface area contributed by atoms with Crippen LogP contribution in [-0.4, -0.2) is 16.4 Å². The van der Waals surface area contributed by atoms with E-state index in [1.165, 1.54) is 0 Å². The monoisotopic (exact) mass is 444 g/mol. The van der Waals surface area contributed by atoms with Gasteiger partial charge < -0.3 is 0 Å². The first-order valence-electron chi connectivity index (χ1n) is 11.0. The molecule has 0 bridgehead atoms. The number of hydrogen-bond acceptors (Lipinski definition) is 2. The van der Waals surface area contributed by atoms with Gasteiger partial charge in [-0.25, -0.2) is 4.98 Å². The molecular formula is C28H23F3N2. The molecule has 0 amide bonds. The molecule has 33 heavy (non-hydrogen) atoms. The van der Waals surface area contributed by atoms with Crippen LogP contribution in [0.4, 0.5) is 13.2 Å². The number of fused-ring (bicyclic) bond motifs is 1. The maximum Gasteiger partial charge on any atom is 0.433 e. The predicted molar refractivity (Wildman–Crippen MR) is 123 cm³/mol. The molecule has 2 heterocycles. The van der Waals surface area contributed by atoms with E-state index in [4.69, 9.17) is 0 Å². The third kappa shape index (κ3) is 3.83. The molecule has 0 radical (unpaired) electrons. The molecule has 5 rings (SSSR count). The molecule has 0 atom stereocenters. The summed E-state index contributed by atoms with van der Waals surface area (Å²) in [5.74, 6) is 0. The number of rotatable bonds is 4. The summed E-state index contributed by atoms with van der Waals surface area (Å²) >= 11 is 0. The highest BCUT2D eigenvalue weighted by Crippen LogP contribution is 2.44. The molecule has 1 aromatic heterocycles. The second-order valence-electron chi connectivity index (χ2n) is 8.28. The quantitative estimate of drug-likeness (QED) is 0.336. The van der Waals surface area contributed by atoms with Crippen molar-refractivity contribution in [1.29, 1.82) is 0 Å². The van der Waals surface area contributed by atoms with E-state index in [9.17, 15) is 13.2 Å². The Balaban J connectivity index is 1.72. The lowest BCUT2D eigenvalue weighted by Gasteiger charge is -2.47. The van der Waals surface area contributed by atoms with Crippen molar-refractivity contribution in [2.24, 2.45) is 0 Å². The average molecular weight is 445 g/mol. The number of aromatic nitrogens is 1. The average Bonchev–Trinajstić information content (AvgIpc) is 2.85. The lowest BCUT2D eigenvalue weighted by molar-refractivity contribution is -0.141. The van der Waals surface area contributed by atoms with E-state index in [1.807, 2.05) is 54.6 Å². The van der Waals surface area contributed by atoms with Gasteiger partial charge in [0.25, 0.3) is 0 Å². The lowest BCUT2D eigenvalue weighted by atomic mass is 9.74. The molecule has 4 aromatic rings. The molecule has 0 saturated carbocycles. The van der Waals surface area contributed by atoms with Gasteiger partial charge in [-0.1, -0.05) is 97.1 Å². The Labute approximate surface area is 191 Å². The molecular weight excluding hydrogens is 421 g/mol. The van der Waals surface area contributed by atoms with Gasteiger partial charge >= 0.3 is 6.18 Å².